The standard InChI is InChI=1S/C15H18N4/c1-12(14-11-16-6-7-18-14)19-9-8-17-10-13-4-2-3-5-15(13)19/h2-7,11-12,17H,8-10H2,1H3. The van der Waals surface area contributed by atoms with Crippen molar-refractivity contribution in [3.63, 3.8) is 0 Å². The predicted molar refractivity (Wildman–Crippen MR) is 75.9 cm³/mol. The van der Waals surface area contributed by atoms with Crippen LogP contribution in [0.25, 0.3) is 0 Å². The van der Waals surface area contributed by atoms with Gasteiger partial charge < -0.3 is 10.2 Å². The SMILES string of the molecule is CC(c1cnccn1)N1CCNCc2ccccc21. The van der Waals surface area contributed by atoms with Crippen LogP contribution in [-0.4, -0.2) is 23.1 Å². The molecule has 1 aromatic heterocycles. The third-order valence-electron chi connectivity index (χ3n) is 3.62. The van der Waals surface area contributed by atoms with E-state index < -0.39 is 0 Å². The van der Waals surface area contributed by atoms with Crippen LogP contribution in [0, 0.1) is 0 Å². The second kappa shape index (κ2) is 5.36. The zero-order valence-electron chi connectivity index (χ0n) is 11.1. The molecule has 1 N–H and O–H groups in total. The molecule has 2 aromatic rings. The summed E-state index contributed by atoms with van der Waals surface area (Å²) in [7, 11) is 0. The average molecular weight is 254 g/mol. The molecule has 1 atom stereocenters. The lowest BCUT2D eigenvalue weighted by molar-refractivity contribution is 0.626. The van der Waals surface area contributed by atoms with Crippen molar-refractivity contribution in [2.45, 2.75) is 19.5 Å². The maximum absolute atomic E-state index is 4.43. The van der Waals surface area contributed by atoms with E-state index in [0.717, 1.165) is 25.3 Å². The number of hydrogen-bond donors (Lipinski definition) is 1. The maximum atomic E-state index is 4.43. The summed E-state index contributed by atoms with van der Waals surface area (Å²) in [6.45, 7) is 5.08. The Morgan fingerprint density at radius 2 is 2.16 bits per heavy atom. The number of nitrogens with one attached hydrogen (secondary N) is 1. The molecule has 1 unspecified atom stereocenters. The van der Waals surface area contributed by atoms with Crippen molar-refractivity contribution in [3.05, 3.63) is 54.1 Å². The first-order valence-corrected chi connectivity index (χ1v) is 6.67. The number of nitrogens with zero attached hydrogens (tertiary/aromatic N) is 3. The number of fused-ring (bicyclic) bond motifs is 1. The van der Waals surface area contributed by atoms with Crippen LogP contribution < -0.4 is 10.2 Å². The molecule has 0 amide bonds. The molecule has 1 aliphatic heterocycles. The summed E-state index contributed by atoms with van der Waals surface area (Å²) in [6, 6.07) is 8.80. The molecule has 19 heavy (non-hydrogen) atoms. The summed E-state index contributed by atoms with van der Waals surface area (Å²) in [5.74, 6) is 0. The highest BCUT2D eigenvalue weighted by molar-refractivity contribution is 5.55. The van der Waals surface area contributed by atoms with Gasteiger partial charge in [0.1, 0.15) is 0 Å². The van der Waals surface area contributed by atoms with Gasteiger partial charge in [0, 0.05) is 37.7 Å². The molecule has 0 bridgehead atoms. The summed E-state index contributed by atoms with van der Waals surface area (Å²) < 4.78 is 0. The molecule has 0 fully saturated rings. The van der Waals surface area contributed by atoms with Crippen LogP contribution in [0.4, 0.5) is 5.69 Å². The molecule has 0 saturated heterocycles. The number of rotatable bonds is 2. The molecule has 98 valence electrons. The normalized spacial score (nSPS) is 16.6. The predicted octanol–water partition coefficient (Wildman–Crippen LogP) is 2.15. The van der Waals surface area contributed by atoms with E-state index in [-0.39, 0.29) is 6.04 Å². The smallest absolute Gasteiger partial charge is 0.0808 e. The Morgan fingerprint density at radius 1 is 1.26 bits per heavy atom. The van der Waals surface area contributed by atoms with E-state index in [4.69, 9.17) is 0 Å². The zero-order chi connectivity index (χ0) is 13.1. The number of anilines is 1. The molecule has 1 aliphatic rings. The summed E-state index contributed by atoms with van der Waals surface area (Å²) >= 11 is 0. The van der Waals surface area contributed by atoms with Crippen LogP contribution in [0.1, 0.15) is 24.2 Å². The maximum Gasteiger partial charge on any atom is 0.0808 e. The highest BCUT2D eigenvalue weighted by Gasteiger charge is 2.21. The third kappa shape index (κ3) is 2.44. The van der Waals surface area contributed by atoms with Gasteiger partial charge in [-0.05, 0) is 18.6 Å². The minimum atomic E-state index is 0.231. The van der Waals surface area contributed by atoms with Crippen molar-refractivity contribution in [1.29, 1.82) is 0 Å². The van der Waals surface area contributed by atoms with Crippen LogP contribution >= 0.6 is 0 Å². The van der Waals surface area contributed by atoms with Crippen molar-refractivity contribution in [1.82, 2.24) is 15.3 Å². The molecule has 4 nitrogen and oxygen atoms in total. The Balaban J connectivity index is 1.96. The lowest BCUT2D eigenvalue weighted by atomic mass is 10.1. The first-order valence-electron chi connectivity index (χ1n) is 6.67. The third-order valence-corrected chi connectivity index (χ3v) is 3.62. The van der Waals surface area contributed by atoms with Crippen LogP contribution in [-0.2, 0) is 6.54 Å². The Hall–Kier alpha value is -1.94. The largest absolute Gasteiger partial charge is 0.362 e. The van der Waals surface area contributed by atoms with Gasteiger partial charge in [0.25, 0.3) is 0 Å². The fourth-order valence-electron chi connectivity index (χ4n) is 2.57. The van der Waals surface area contributed by atoms with Gasteiger partial charge in [0.15, 0.2) is 0 Å². The van der Waals surface area contributed by atoms with Crippen LogP contribution in [0.5, 0.6) is 0 Å². The molecule has 3 rings (SSSR count). The molecular weight excluding hydrogens is 236 g/mol. The molecule has 2 heterocycles. The minimum Gasteiger partial charge on any atom is -0.362 e. The van der Waals surface area contributed by atoms with E-state index in [1.165, 1.54) is 11.3 Å². The van der Waals surface area contributed by atoms with Gasteiger partial charge >= 0.3 is 0 Å². The Morgan fingerprint density at radius 3 is 3.00 bits per heavy atom. The second-order valence-electron chi connectivity index (χ2n) is 4.81. The van der Waals surface area contributed by atoms with E-state index in [9.17, 15) is 0 Å². The van der Waals surface area contributed by atoms with Crippen molar-refractivity contribution >= 4 is 5.69 Å². The summed E-state index contributed by atoms with van der Waals surface area (Å²) in [5.41, 5.74) is 3.65. The van der Waals surface area contributed by atoms with Crippen LogP contribution in [0.3, 0.4) is 0 Å². The van der Waals surface area contributed by atoms with Gasteiger partial charge in [-0.2, -0.15) is 0 Å². The van der Waals surface area contributed by atoms with Gasteiger partial charge in [0.2, 0.25) is 0 Å². The second-order valence-corrected chi connectivity index (χ2v) is 4.81. The van der Waals surface area contributed by atoms with Gasteiger partial charge in [0.05, 0.1) is 17.9 Å². The van der Waals surface area contributed by atoms with Crippen LogP contribution in [0.15, 0.2) is 42.9 Å². The molecule has 0 aliphatic carbocycles. The monoisotopic (exact) mass is 254 g/mol. The molecule has 4 heteroatoms. The quantitative estimate of drug-likeness (QED) is 0.891. The van der Waals surface area contributed by atoms with E-state index in [0.29, 0.717) is 0 Å². The zero-order valence-corrected chi connectivity index (χ0v) is 11.1. The summed E-state index contributed by atoms with van der Waals surface area (Å²) in [6.07, 6.45) is 5.33. The highest BCUT2D eigenvalue weighted by Crippen LogP contribution is 2.29. The first kappa shape index (κ1) is 12.1. The van der Waals surface area contributed by atoms with Gasteiger partial charge in [-0.25, -0.2) is 0 Å². The fourth-order valence-corrected chi connectivity index (χ4v) is 2.57. The highest BCUT2D eigenvalue weighted by atomic mass is 15.2. The van der Waals surface area contributed by atoms with Crippen molar-refractivity contribution in [2.75, 3.05) is 18.0 Å². The van der Waals surface area contributed by atoms with Crippen molar-refractivity contribution < 1.29 is 0 Å². The molecule has 0 spiro atoms. The van der Waals surface area contributed by atoms with E-state index in [1.54, 1.807) is 12.4 Å². The number of benzene rings is 1. The van der Waals surface area contributed by atoms with Gasteiger partial charge in [-0.3, -0.25) is 9.97 Å². The Bertz CT molecular complexity index is 541. The van der Waals surface area contributed by atoms with Gasteiger partial charge in [-0.15, -0.1) is 0 Å². The van der Waals surface area contributed by atoms with Crippen molar-refractivity contribution in [3.8, 4) is 0 Å². The topological polar surface area (TPSA) is 41.1 Å². The Labute approximate surface area is 113 Å². The molecule has 0 saturated carbocycles. The minimum absolute atomic E-state index is 0.231. The number of aromatic nitrogens is 2. The summed E-state index contributed by atoms with van der Waals surface area (Å²) in [4.78, 5) is 11.0. The van der Waals surface area contributed by atoms with E-state index >= 15 is 0 Å². The lowest BCUT2D eigenvalue weighted by Crippen LogP contribution is -2.31. The lowest BCUT2D eigenvalue weighted by Gasteiger charge is -2.30. The number of para-hydroxylation sites is 1. The average Bonchev–Trinajstić information content (AvgIpc) is 2.70. The fraction of sp³-hybridized carbons (Fsp3) is 0.333. The van der Waals surface area contributed by atoms with Gasteiger partial charge in [-0.1, -0.05) is 18.2 Å². The summed E-state index contributed by atoms with van der Waals surface area (Å²) in [5, 5.41) is 3.46. The molecule has 0 radical (unpaired) electrons. The van der Waals surface area contributed by atoms with Crippen LogP contribution in [0.2, 0.25) is 0 Å². The van der Waals surface area contributed by atoms with E-state index in [1.807, 2.05) is 6.20 Å². The van der Waals surface area contributed by atoms with Crippen molar-refractivity contribution in [2.24, 2.45) is 0 Å². The first-order chi connectivity index (χ1) is 9.36. The van der Waals surface area contributed by atoms with E-state index in [2.05, 4.69) is 51.4 Å². The molecular formula is C15H18N4. The molecule has 1 aromatic carbocycles. The Kier molecular flexibility index (Phi) is 3.42. The number of hydrogen-bond acceptors (Lipinski definition) is 4.